The molecule has 0 amide bonds. The number of methoxy groups -OCH3 is 1. The Bertz CT molecular complexity index is 359. The van der Waals surface area contributed by atoms with Crippen molar-refractivity contribution in [1.29, 1.82) is 0 Å². The number of aliphatic hydroxyl groups excluding tert-OH is 1. The Labute approximate surface area is 98.4 Å². The van der Waals surface area contributed by atoms with Gasteiger partial charge in [0.2, 0.25) is 0 Å². The molecular formula is C12H15BrO2. The molecule has 15 heavy (non-hydrogen) atoms. The Balaban J connectivity index is 2.30. The second-order valence-electron chi connectivity index (χ2n) is 4.14. The van der Waals surface area contributed by atoms with Crippen LogP contribution in [0.5, 0.6) is 0 Å². The second-order valence-corrected chi connectivity index (χ2v) is 5.05. The van der Waals surface area contributed by atoms with E-state index in [1.54, 1.807) is 7.11 Å². The highest BCUT2D eigenvalue weighted by molar-refractivity contribution is 9.10. The molecule has 1 aromatic rings. The maximum Gasteiger partial charge on any atom is 0.0951 e. The van der Waals surface area contributed by atoms with E-state index in [1.165, 1.54) is 11.1 Å². The molecule has 1 atom stereocenters. The summed E-state index contributed by atoms with van der Waals surface area (Å²) in [7, 11) is 1.68. The molecular weight excluding hydrogens is 256 g/mol. The maximum atomic E-state index is 9.39. The van der Waals surface area contributed by atoms with Crippen LogP contribution in [0.15, 0.2) is 22.7 Å². The fourth-order valence-electron chi connectivity index (χ4n) is 2.17. The van der Waals surface area contributed by atoms with Crippen LogP contribution in [0.2, 0.25) is 0 Å². The van der Waals surface area contributed by atoms with Gasteiger partial charge in [0, 0.05) is 18.0 Å². The first-order chi connectivity index (χ1) is 7.19. The van der Waals surface area contributed by atoms with Gasteiger partial charge in [-0.05, 0) is 36.1 Å². The van der Waals surface area contributed by atoms with Gasteiger partial charge in [0.05, 0.1) is 12.2 Å². The molecule has 0 fully saturated rings. The quantitative estimate of drug-likeness (QED) is 0.894. The first-order valence-electron chi connectivity index (χ1n) is 5.12. The molecule has 3 heteroatoms. The largest absolute Gasteiger partial charge is 0.393 e. The number of halogens is 1. The van der Waals surface area contributed by atoms with Crippen molar-refractivity contribution in [2.45, 2.75) is 24.9 Å². The molecule has 0 saturated carbocycles. The van der Waals surface area contributed by atoms with Gasteiger partial charge in [-0.2, -0.15) is 0 Å². The minimum Gasteiger partial charge on any atom is -0.393 e. The van der Waals surface area contributed by atoms with E-state index in [4.69, 9.17) is 4.74 Å². The summed E-state index contributed by atoms with van der Waals surface area (Å²) in [5, 5.41) is 9.39. The summed E-state index contributed by atoms with van der Waals surface area (Å²) in [6.07, 6.45) is 2.68. The first kappa shape index (κ1) is 11.1. The lowest BCUT2D eigenvalue weighted by atomic mass is 9.81. The molecule has 0 aliphatic heterocycles. The predicted molar refractivity (Wildman–Crippen MR) is 63.0 cm³/mol. The number of rotatable bonds is 2. The fourth-order valence-corrected chi connectivity index (χ4v) is 2.58. The zero-order valence-electron chi connectivity index (χ0n) is 8.79. The van der Waals surface area contributed by atoms with E-state index in [2.05, 4.69) is 28.1 Å². The van der Waals surface area contributed by atoms with Crippen molar-refractivity contribution in [3.05, 3.63) is 33.8 Å². The van der Waals surface area contributed by atoms with Crippen LogP contribution in [0.25, 0.3) is 0 Å². The van der Waals surface area contributed by atoms with Crippen molar-refractivity contribution >= 4 is 15.9 Å². The Morgan fingerprint density at radius 3 is 2.93 bits per heavy atom. The van der Waals surface area contributed by atoms with Crippen LogP contribution in [0.1, 0.15) is 17.5 Å². The van der Waals surface area contributed by atoms with E-state index in [-0.39, 0.29) is 12.2 Å². The molecule has 0 aromatic heterocycles. The summed E-state index contributed by atoms with van der Waals surface area (Å²) < 4.78 is 6.57. The number of aliphatic hydroxyl groups is 1. The van der Waals surface area contributed by atoms with Crippen LogP contribution in [0, 0.1) is 0 Å². The molecule has 0 bridgehead atoms. The summed E-state index contributed by atoms with van der Waals surface area (Å²) in [6.45, 7) is 0.0962. The van der Waals surface area contributed by atoms with Crippen molar-refractivity contribution in [3.63, 3.8) is 0 Å². The predicted octanol–water partition coefficient (Wildman–Crippen LogP) is 2.32. The van der Waals surface area contributed by atoms with Crippen molar-refractivity contribution < 1.29 is 9.84 Å². The fraction of sp³-hybridized carbons (Fsp3) is 0.500. The van der Waals surface area contributed by atoms with E-state index in [0.29, 0.717) is 0 Å². The molecule has 1 aliphatic carbocycles. The molecule has 0 spiro atoms. The number of benzene rings is 1. The SMILES string of the molecule is COC1(CO)CCc2cc(Br)ccc2C1. The molecule has 0 saturated heterocycles. The van der Waals surface area contributed by atoms with Gasteiger partial charge in [0.25, 0.3) is 0 Å². The number of hydrogen-bond donors (Lipinski definition) is 1. The molecule has 1 unspecified atom stereocenters. The molecule has 1 N–H and O–H groups in total. The zero-order valence-corrected chi connectivity index (χ0v) is 10.4. The van der Waals surface area contributed by atoms with E-state index in [9.17, 15) is 5.11 Å². The third-order valence-corrected chi connectivity index (χ3v) is 3.75. The number of fused-ring (bicyclic) bond motifs is 1. The monoisotopic (exact) mass is 270 g/mol. The van der Waals surface area contributed by atoms with Gasteiger partial charge in [-0.3, -0.25) is 0 Å². The third kappa shape index (κ3) is 2.10. The zero-order chi connectivity index (χ0) is 10.9. The highest BCUT2D eigenvalue weighted by Crippen LogP contribution is 2.32. The molecule has 0 heterocycles. The molecule has 1 aromatic carbocycles. The van der Waals surface area contributed by atoms with Gasteiger partial charge >= 0.3 is 0 Å². The Hall–Kier alpha value is -0.380. The Kier molecular flexibility index (Phi) is 3.14. The van der Waals surface area contributed by atoms with Gasteiger partial charge in [-0.25, -0.2) is 0 Å². The van der Waals surface area contributed by atoms with Crippen LogP contribution in [-0.2, 0) is 17.6 Å². The number of ether oxygens (including phenoxy) is 1. The summed E-state index contributed by atoms with van der Waals surface area (Å²) >= 11 is 3.47. The highest BCUT2D eigenvalue weighted by Gasteiger charge is 2.33. The van der Waals surface area contributed by atoms with Crippen molar-refractivity contribution in [3.8, 4) is 0 Å². The van der Waals surface area contributed by atoms with Gasteiger partial charge in [-0.15, -0.1) is 0 Å². The van der Waals surface area contributed by atoms with Gasteiger partial charge in [-0.1, -0.05) is 22.0 Å². The number of aryl methyl sites for hydroxylation is 1. The maximum absolute atomic E-state index is 9.39. The average Bonchev–Trinajstić information content (AvgIpc) is 2.28. The van der Waals surface area contributed by atoms with Crippen molar-refractivity contribution in [2.75, 3.05) is 13.7 Å². The van der Waals surface area contributed by atoms with Crippen LogP contribution >= 0.6 is 15.9 Å². The standard InChI is InChI=1S/C12H15BrO2/c1-15-12(8-14)5-4-9-6-11(13)3-2-10(9)7-12/h2-3,6,14H,4-5,7-8H2,1H3. The second kappa shape index (κ2) is 4.24. The minimum absolute atomic E-state index is 0.0962. The molecule has 0 radical (unpaired) electrons. The topological polar surface area (TPSA) is 29.5 Å². The molecule has 2 nitrogen and oxygen atoms in total. The molecule has 1 aliphatic rings. The smallest absolute Gasteiger partial charge is 0.0951 e. The molecule has 2 rings (SSSR count). The van der Waals surface area contributed by atoms with Crippen molar-refractivity contribution in [2.24, 2.45) is 0 Å². The lowest BCUT2D eigenvalue weighted by Gasteiger charge is -2.35. The van der Waals surface area contributed by atoms with Crippen LogP contribution < -0.4 is 0 Å². The first-order valence-corrected chi connectivity index (χ1v) is 5.92. The average molecular weight is 271 g/mol. The third-order valence-electron chi connectivity index (χ3n) is 3.25. The normalized spacial score (nSPS) is 25.0. The lowest BCUT2D eigenvalue weighted by molar-refractivity contribution is -0.0607. The van der Waals surface area contributed by atoms with Crippen molar-refractivity contribution in [1.82, 2.24) is 0 Å². The molecule has 82 valence electrons. The van der Waals surface area contributed by atoms with Gasteiger partial charge < -0.3 is 9.84 Å². The summed E-state index contributed by atoms with van der Waals surface area (Å²) in [5.41, 5.74) is 2.30. The van der Waals surface area contributed by atoms with E-state index >= 15 is 0 Å². The van der Waals surface area contributed by atoms with E-state index in [0.717, 1.165) is 23.7 Å². The highest BCUT2D eigenvalue weighted by atomic mass is 79.9. The Morgan fingerprint density at radius 2 is 2.27 bits per heavy atom. The number of hydrogen-bond acceptors (Lipinski definition) is 2. The summed E-state index contributed by atoms with van der Waals surface area (Å²) in [6, 6.07) is 6.32. The van der Waals surface area contributed by atoms with Crippen LogP contribution in [0.3, 0.4) is 0 Å². The summed E-state index contributed by atoms with van der Waals surface area (Å²) in [5.74, 6) is 0. The minimum atomic E-state index is -0.360. The van der Waals surface area contributed by atoms with E-state index in [1.807, 2.05) is 6.07 Å². The van der Waals surface area contributed by atoms with Gasteiger partial charge in [0.1, 0.15) is 0 Å². The Morgan fingerprint density at radius 1 is 1.47 bits per heavy atom. The van der Waals surface area contributed by atoms with Gasteiger partial charge in [0.15, 0.2) is 0 Å². The van der Waals surface area contributed by atoms with E-state index < -0.39 is 0 Å². The van der Waals surface area contributed by atoms with Crippen LogP contribution in [-0.4, -0.2) is 24.4 Å². The van der Waals surface area contributed by atoms with Crippen LogP contribution in [0.4, 0.5) is 0 Å². The lowest BCUT2D eigenvalue weighted by Crippen LogP contribution is -2.41. The summed E-state index contributed by atoms with van der Waals surface area (Å²) in [4.78, 5) is 0.